The summed E-state index contributed by atoms with van der Waals surface area (Å²) in [4.78, 5) is 34.3. The number of piperidine rings is 1. The van der Waals surface area contributed by atoms with E-state index in [1.807, 2.05) is 4.90 Å². The normalized spacial score (nSPS) is 18.3. The molecule has 3 heterocycles. The van der Waals surface area contributed by atoms with Gasteiger partial charge in [0, 0.05) is 25.9 Å². The molecule has 35 heavy (non-hydrogen) atoms. The number of ether oxygens (including phenoxy) is 2. The number of pyridine rings is 1. The SMILES string of the molecule is CCOC(=O)c1cc(N2CC[C@H](NC(=O)c3[nH]c(C)c(Cl)c3Cl)[C@H](OC)C2)ncc1NS(C)(=O)=O. The predicted octanol–water partition coefficient (Wildman–Crippen LogP) is 2.60. The molecule has 0 unspecified atom stereocenters. The summed E-state index contributed by atoms with van der Waals surface area (Å²) >= 11 is 12.2. The van der Waals surface area contributed by atoms with Crippen molar-refractivity contribution < 1.29 is 27.5 Å². The molecular formula is C21H27Cl2N5O6S. The standard InChI is InChI=1S/C21H27Cl2N5O6S/c1-5-34-21(30)12-8-16(24-9-14(12)27-35(4,31)32)28-7-6-13(15(10-28)33-3)26-20(29)19-18(23)17(22)11(2)25-19/h8-9,13,15,25,27H,5-7,10H2,1-4H3,(H,26,29)/t13-,15+/m0/s1. The third-order valence-electron chi connectivity index (χ3n) is 5.46. The zero-order chi connectivity index (χ0) is 25.9. The van der Waals surface area contributed by atoms with Crippen LogP contribution in [-0.2, 0) is 19.5 Å². The van der Waals surface area contributed by atoms with Crippen molar-refractivity contribution in [1.82, 2.24) is 15.3 Å². The molecule has 2 aromatic rings. The average Bonchev–Trinajstić information content (AvgIpc) is 3.06. The van der Waals surface area contributed by atoms with Crippen LogP contribution in [0.3, 0.4) is 0 Å². The molecule has 1 amide bonds. The van der Waals surface area contributed by atoms with Crippen LogP contribution in [0.15, 0.2) is 12.3 Å². The van der Waals surface area contributed by atoms with Gasteiger partial charge in [-0.1, -0.05) is 23.2 Å². The third kappa shape index (κ3) is 6.37. The predicted molar refractivity (Wildman–Crippen MR) is 133 cm³/mol. The van der Waals surface area contributed by atoms with Crippen LogP contribution in [0, 0.1) is 6.92 Å². The smallest absolute Gasteiger partial charge is 0.340 e. The molecular weight excluding hydrogens is 521 g/mol. The minimum absolute atomic E-state index is 0.0249. The van der Waals surface area contributed by atoms with Crippen molar-refractivity contribution in [3.63, 3.8) is 0 Å². The van der Waals surface area contributed by atoms with Crippen LogP contribution in [-0.4, -0.2) is 75.5 Å². The number of aromatic nitrogens is 2. The van der Waals surface area contributed by atoms with E-state index < -0.39 is 28.0 Å². The Kier molecular flexibility index (Phi) is 8.52. The molecule has 0 aliphatic carbocycles. The molecule has 2 aromatic heterocycles. The number of sulfonamides is 1. The van der Waals surface area contributed by atoms with Crippen molar-refractivity contribution in [2.24, 2.45) is 0 Å². The Morgan fingerprint density at radius 3 is 2.60 bits per heavy atom. The number of carbonyl (C=O) groups is 2. The van der Waals surface area contributed by atoms with Crippen LogP contribution in [0.2, 0.25) is 10.0 Å². The van der Waals surface area contributed by atoms with Gasteiger partial charge in [-0.05, 0) is 26.3 Å². The largest absolute Gasteiger partial charge is 0.462 e. The molecule has 0 radical (unpaired) electrons. The summed E-state index contributed by atoms with van der Waals surface area (Å²) < 4.78 is 36.4. The number of hydrogen-bond donors (Lipinski definition) is 3. The van der Waals surface area contributed by atoms with Crippen LogP contribution in [0.4, 0.5) is 11.5 Å². The van der Waals surface area contributed by atoms with Gasteiger partial charge < -0.3 is 24.7 Å². The highest BCUT2D eigenvalue weighted by Gasteiger charge is 2.33. The first-order chi connectivity index (χ1) is 16.4. The van der Waals surface area contributed by atoms with Crippen LogP contribution in [0.25, 0.3) is 0 Å². The molecule has 0 spiro atoms. The van der Waals surface area contributed by atoms with Crippen LogP contribution in [0.1, 0.15) is 39.9 Å². The van der Waals surface area contributed by atoms with Gasteiger partial charge in [0.2, 0.25) is 10.0 Å². The summed E-state index contributed by atoms with van der Waals surface area (Å²) in [6, 6.07) is 1.15. The number of rotatable bonds is 8. The fraction of sp³-hybridized carbons (Fsp3) is 0.476. The van der Waals surface area contributed by atoms with E-state index in [1.165, 1.54) is 19.4 Å². The number of esters is 1. The fourth-order valence-corrected chi connectivity index (χ4v) is 4.75. The highest BCUT2D eigenvalue weighted by atomic mass is 35.5. The van der Waals surface area contributed by atoms with E-state index in [9.17, 15) is 18.0 Å². The highest BCUT2D eigenvalue weighted by molar-refractivity contribution is 7.92. The van der Waals surface area contributed by atoms with Crippen molar-refractivity contribution in [1.29, 1.82) is 0 Å². The maximum absolute atomic E-state index is 12.8. The maximum Gasteiger partial charge on any atom is 0.340 e. The Hall–Kier alpha value is -2.54. The molecule has 14 heteroatoms. The summed E-state index contributed by atoms with van der Waals surface area (Å²) in [6.07, 6.45) is 2.36. The number of H-pyrrole nitrogens is 1. The monoisotopic (exact) mass is 547 g/mol. The number of nitrogens with zero attached hydrogens (tertiary/aromatic N) is 2. The van der Waals surface area contributed by atoms with Gasteiger partial charge in [0.25, 0.3) is 5.91 Å². The van der Waals surface area contributed by atoms with Crippen LogP contribution >= 0.6 is 23.2 Å². The summed E-state index contributed by atoms with van der Waals surface area (Å²) in [5, 5.41) is 3.39. The highest BCUT2D eigenvalue weighted by Crippen LogP contribution is 2.30. The Bertz CT molecular complexity index is 1220. The van der Waals surface area contributed by atoms with Gasteiger partial charge in [0.05, 0.1) is 52.5 Å². The van der Waals surface area contributed by atoms with E-state index in [2.05, 4.69) is 20.0 Å². The van der Waals surface area contributed by atoms with E-state index in [4.69, 9.17) is 32.7 Å². The zero-order valence-electron chi connectivity index (χ0n) is 19.6. The molecule has 1 saturated heterocycles. The van der Waals surface area contributed by atoms with Crippen molar-refractivity contribution in [3.05, 3.63) is 39.3 Å². The lowest BCUT2D eigenvalue weighted by molar-refractivity contribution is 0.0523. The van der Waals surface area contributed by atoms with Crippen molar-refractivity contribution in [3.8, 4) is 0 Å². The molecule has 3 rings (SSSR count). The summed E-state index contributed by atoms with van der Waals surface area (Å²) in [5.74, 6) is -0.636. The van der Waals surface area contributed by atoms with E-state index >= 15 is 0 Å². The molecule has 0 aromatic carbocycles. The first kappa shape index (κ1) is 27.1. The Labute approximate surface area is 213 Å². The quantitative estimate of drug-likeness (QED) is 0.428. The van der Waals surface area contributed by atoms with Gasteiger partial charge in [-0.15, -0.1) is 0 Å². The number of hydrogen-bond acceptors (Lipinski definition) is 8. The summed E-state index contributed by atoms with van der Waals surface area (Å²) in [5.41, 5.74) is 0.843. The molecule has 1 aliphatic heterocycles. The molecule has 2 atom stereocenters. The second kappa shape index (κ2) is 11.0. The number of halogens is 2. The van der Waals surface area contributed by atoms with Gasteiger partial charge in [0.1, 0.15) is 11.5 Å². The lowest BCUT2D eigenvalue weighted by Crippen LogP contribution is -2.55. The molecule has 1 aliphatic rings. The fourth-order valence-electron chi connectivity index (χ4n) is 3.77. The maximum atomic E-state index is 12.8. The lowest BCUT2D eigenvalue weighted by atomic mass is 10.0. The number of amides is 1. The van der Waals surface area contributed by atoms with E-state index in [-0.39, 0.29) is 34.6 Å². The van der Waals surface area contributed by atoms with E-state index in [0.29, 0.717) is 36.0 Å². The minimum Gasteiger partial charge on any atom is -0.462 e. The molecule has 0 saturated carbocycles. The molecule has 3 N–H and O–H groups in total. The van der Waals surface area contributed by atoms with E-state index in [0.717, 1.165) is 6.26 Å². The van der Waals surface area contributed by atoms with Crippen molar-refractivity contribution in [2.45, 2.75) is 32.4 Å². The number of methoxy groups -OCH3 is 1. The molecule has 192 valence electrons. The third-order valence-corrected chi connectivity index (χ3v) is 7.00. The average molecular weight is 548 g/mol. The number of carbonyl (C=O) groups excluding carboxylic acids is 2. The first-order valence-electron chi connectivity index (χ1n) is 10.7. The van der Waals surface area contributed by atoms with Gasteiger partial charge in [-0.25, -0.2) is 18.2 Å². The number of nitrogens with one attached hydrogen (secondary N) is 3. The molecule has 11 nitrogen and oxygen atoms in total. The van der Waals surface area contributed by atoms with Crippen molar-refractivity contribution in [2.75, 3.05) is 42.7 Å². The van der Waals surface area contributed by atoms with Crippen molar-refractivity contribution >= 4 is 56.6 Å². The minimum atomic E-state index is -3.64. The molecule has 1 fully saturated rings. The van der Waals surface area contributed by atoms with E-state index in [1.54, 1.807) is 13.8 Å². The van der Waals surface area contributed by atoms with Gasteiger partial charge in [-0.3, -0.25) is 9.52 Å². The Balaban J connectivity index is 1.79. The van der Waals surface area contributed by atoms with Gasteiger partial charge in [-0.2, -0.15) is 0 Å². The second-order valence-corrected chi connectivity index (χ2v) is 10.5. The van der Waals surface area contributed by atoms with Gasteiger partial charge in [0.15, 0.2) is 0 Å². The Morgan fingerprint density at radius 1 is 1.31 bits per heavy atom. The zero-order valence-corrected chi connectivity index (χ0v) is 22.0. The van der Waals surface area contributed by atoms with Gasteiger partial charge >= 0.3 is 5.97 Å². The Morgan fingerprint density at radius 2 is 2.03 bits per heavy atom. The number of aromatic amines is 1. The number of anilines is 2. The lowest BCUT2D eigenvalue weighted by Gasteiger charge is -2.38. The summed E-state index contributed by atoms with van der Waals surface area (Å²) in [7, 11) is -2.10. The summed E-state index contributed by atoms with van der Waals surface area (Å²) in [6.45, 7) is 4.34. The number of aryl methyl sites for hydroxylation is 1. The molecule has 0 bridgehead atoms. The van der Waals surface area contributed by atoms with Crippen LogP contribution in [0.5, 0.6) is 0 Å². The van der Waals surface area contributed by atoms with Crippen LogP contribution < -0.4 is 14.9 Å². The topological polar surface area (TPSA) is 143 Å². The second-order valence-electron chi connectivity index (χ2n) is 8.02. The first-order valence-corrected chi connectivity index (χ1v) is 13.4.